The first-order valence-corrected chi connectivity index (χ1v) is 7.63. The number of nitro groups is 1. The largest absolute Gasteiger partial charge is 0.444 e. The zero-order valence-electron chi connectivity index (χ0n) is 13.8. The minimum Gasteiger partial charge on any atom is -0.444 e. The molecule has 0 spiro atoms. The van der Waals surface area contributed by atoms with E-state index < -0.39 is 10.5 Å². The molecule has 0 bridgehead atoms. The second-order valence-electron chi connectivity index (χ2n) is 6.50. The predicted octanol–water partition coefficient (Wildman–Crippen LogP) is 1.34. The Morgan fingerprint density at radius 1 is 1.30 bits per heavy atom. The average molecular weight is 325 g/mol. The highest BCUT2D eigenvalue weighted by atomic mass is 16.6. The molecule has 1 aromatic rings. The maximum Gasteiger partial charge on any atom is 0.410 e. The van der Waals surface area contributed by atoms with Crippen LogP contribution in [0.3, 0.4) is 0 Å². The summed E-state index contributed by atoms with van der Waals surface area (Å²) >= 11 is 0. The molecule has 2 heterocycles. The van der Waals surface area contributed by atoms with Crippen molar-refractivity contribution in [2.24, 2.45) is 0 Å². The molecular weight excluding hydrogens is 302 g/mol. The van der Waals surface area contributed by atoms with Gasteiger partial charge < -0.3 is 19.8 Å². The first kappa shape index (κ1) is 17.2. The van der Waals surface area contributed by atoms with E-state index in [1.807, 2.05) is 20.8 Å². The van der Waals surface area contributed by atoms with Gasteiger partial charge in [0.1, 0.15) is 5.60 Å². The van der Waals surface area contributed by atoms with Crippen LogP contribution in [0.25, 0.3) is 0 Å². The minimum absolute atomic E-state index is 0.139. The standard InChI is InChI=1S/C14H23N5O4/c1-14(2,3)23-13(20)17-9-6-16(7-10-17)8-11-18-5-4-12(15-18)19(21)22/h4-5H,6-11H2,1-3H3. The van der Waals surface area contributed by atoms with Crippen LogP contribution in [0.5, 0.6) is 0 Å². The molecule has 0 radical (unpaired) electrons. The normalized spacial score (nSPS) is 16.4. The fraction of sp³-hybridized carbons (Fsp3) is 0.714. The van der Waals surface area contributed by atoms with E-state index in [4.69, 9.17) is 4.74 Å². The zero-order chi connectivity index (χ0) is 17.0. The van der Waals surface area contributed by atoms with Crippen molar-refractivity contribution in [1.82, 2.24) is 19.6 Å². The van der Waals surface area contributed by atoms with Crippen LogP contribution in [0.4, 0.5) is 10.6 Å². The van der Waals surface area contributed by atoms with Crippen molar-refractivity contribution < 1.29 is 14.5 Å². The predicted molar refractivity (Wildman–Crippen MR) is 83.1 cm³/mol. The molecule has 0 N–H and O–H groups in total. The lowest BCUT2D eigenvalue weighted by Gasteiger charge is -2.35. The Bertz CT molecular complexity index is 558. The molecule has 0 aliphatic carbocycles. The summed E-state index contributed by atoms with van der Waals surface area (Å²) in [4.78, 5) is 26.0. The third-order valence-electron chi connectivity index (χ3n) is 3.48. The number of carbonyl (C=O) groups excluding carboxylic acids is 1. The fourth-order valence-corrected chi connectivity index (χ4v) is 2.30. The lowest BCUT2D eigenvalue weighted by molar-refractivity contribution is -0.389. The van der Waals surface area contributed by atoms with E-state index in [0.717, 1.165) is 19.6 Å². The first-order chi connectivity index (χ1) is 10.7. The molecule has 0 aromatic carbocycles. The van der Waals surface area contributed by atoms with E-state index in [1.165, 1.54) is 6.07 Å². The lowest BCUT2D eigenvalue weighted by Crippen LogP contribution is -2.50. The van der Waals surface area contributed by atoms with Crippen LogP contribution in [0.2, 0.25) is 0 Å². The van der Waals surface area contributed by atoms with Gasteiger partial charge in [0, 0.05) is 32.7 Å². The number of carbonyl (C=O) groups is 1. The van der Waals surface area contributed by atoms with Gasteiger partial charge in [0.25, 0.3) is 0 Å². The molecular formula is C14H23N5O4. The third-order valence-corrected chi connectivity index (χ3v) is 3.48. The van der Waals surface area contributed by atoms with E-state index in [9.17, 15) is 14.9 Å². The zero-order valence-corrected chi connectivity index (χ0v) is 13.8. The van der Waals surface area contributed by atoms with Crippen molar-refractivity contribution in [2.75, 3.05) is 32.7 Å². The SMILES string of the molecule is CC(C)(C)OC(=O)N1CCN(CCn2ccc([N+](=O)[O-])n2)CC1. The number of hydrogen-bond acceptors (Lipinski definition) is 6. The Kier molecular flexibility index (Phi) is 5.19. The molecule has 0 atom stereocenters. The summed E-state index contributed by atoms with van der Waals surface area (Å²) in [6.07, 6.45) is 1.33. The van der Waals surface area contributed by atoms with Crippen molar-refractivity contribution in [2.45, 2.75) is 32.9 Å². The average Bonchev–Trinajstić information content (AvgIpc) is 2.93. The smallest absolute Gasteiger partial charge is 0.410 e. The van der Waals surface area contributed by atoms with Crippen molar-refractivity contribution in [1.29, 1.82) is 0 Å². The molecule has 1 aromatic heterocycles. The van der Waals surface area contributed by atoms with Gasteiger partial charge in [-0.05, 0) is 25.7 Å². The summed E-state index contributed by atoms with van der Waals surface area (Å²) in [7, 11) is 0. The van der Waals surface area contributed by atoms with Gasteiger partial charge in [-0.25, -0.2) is 4.79 Å². The second-order valence-corrected chi connectivity index (χ2v) is 6.50. The molecule has 9 heteroatoms. The van der Waals surface area contributed by atoms with Crippen LogP contribution in [0.15, 0.2) is 12.3 Å². The molecule has 1 fully saturated rings. The highest BCUT2D eigenvalue weighted by Crippen LogP contribution is 2.12. The Morgan fingerprint density at radius 3 is 2.48 bits per heavy atom. The summed E-state index contributed by atoms with van der Waals surface area (Å²) in [6.45, 7) is 9.62. The molecule has 1 amide bonds. The molecule has 1 saturated heterocycles. The summed E-state index contributed by atoms with van der Waals surface area (Å²) in [6, 6.07) is 1.39. The summed E-state index contributed by atoms with van der Waals surface area (Å²) in [5, 5.41) is 14.5. The maximum absolute atomic E-state index is 12.0. The van der Waals surface area contributed by atoms with E-state index in [2.05, 4.69) is 10.00 Å². The highest BCUT2D eigenvalue weighted by molar-refractivity contribution is 5.68. The van der Waals surface area contributed by atoms with Gasteiger partial charge in [0.05, 0.1) is 23.9 Å². The molecule has 1 aliphatic rings. The second kappa shape index (κ2) is 6.95. The van der Waals surface area contributed by atoms with Gasteiger partial charge in [-0.3, -0.25) is 4.90 Å². The number of hydrogen-bond donors (Lipinski definition) is 0. The van der Waals surface area contributed by atoms with Gasteiger partial charge in [-0.2, -0.15) is 4.68 Å². The first-order valence-electron chi connectivity index (χ1n) is 7.63. The summed E-state index contributed by atoms with van der Waals surface area (Å²) in [5.41, 5.74) is -0.483. The van der Waals surface area contributed by atoms with Gasteiger partial charge >= 0.3 is 11.9 Å². The van der Waals surface area contributed by atoms with Crippen LogP contribution in [0, 0.1) is 10.1 Å². The van der Waals surface area contributed by atoms with Crippen LogP contribution < -0.4 is 0 Å². The Balaban J connectivity index is 1.74. The lowest BCUT2D eigenvalue weighted by atomic mass is 10.2. The molecule has 2 rings (SSSR count). The molecule has 0 unspecified atom stereocenters. The van der Waals surface area contributed by atoms with Crippen molar-refractivity contribution in [3.8, 4) is 0 Å². The van der Waals surface area contributed by atoms with Crippen molar-refractivity contribution >= 4 is 11.9 Å². The number of ether oxygens (including phenoxy) is 1. The number of rotatable bonds is 4. The molecule has 23 heavy (non-hydrogen) atoms. The Morgan fingerprint density at radius 2 is 1.96 bits per heavy atom. The van der Waals surface area contributed by atoms with E-state index in [0.29, 0.717) is 19.6 Å². The van der Waals surface area contributed by atoms with E-state index in [1.54, 1.807) is 15.8 Å². The van der Waals surface area contributed by atoms with Gasteiger partial charge in [-0.1, -0.05) is 0 Å². The van der Waals surface area contributed by atoms with Crippen LogP contribution in [-0.4, -0.2) is 68.9 Å². The van der Waals surface area contributed by atoms with Crippen molar-refractivity contribution in [3.63, 3.8) is 0 Å². The monoisotopic (exact) mass is 325 g/mol. The van der Waals surface area contributed by atoms with Gasteiger partial charge in [0.2, 0.25) is 0 Å². The number of piperazine rings is 1. The minimum atomic E-state index is -0.504. The fourth-order valence-electron chi connectivity index (χ4n) is 2.30. The molecule has 9 nitrogen and oxygen atoms in total. The molecule has 0 saturated carbocycles. The van der Waals surface area contributed by atoms with E-state index in [-0.39, 0.29) is 11.9 Å². The Labute approximate surface area is 134 Å². The van der Waals surface area contributed by atoms with Crippen LogP contribution in [-0.2, 0) is 11.3 Å². The molecule has 1 aliphatic heterocycles. The topological polar surface area (TPSA) is 93.7 Å². The summed E-state index contributed by atoms with van der Waals surface area (Å²) < 4.78 is 6.93. The quantitative estimate of drug-likeness (QED) is 0.612. The number of nitrogens with zero attached hydrogens (tertiary/aromatic N) is 5. The van der Waals surface area contributed by atoms with Gasteiger partial charge in [-0.15, -0.1) is 0 Å². The third kappa shape index (κ3) is 5.20. The van der Waals surface area contributed by atoms with Crippen molar-refractivity contribution in [3.05, 3.63) is 22.4 Å². The Hall–Kier alpha value is -2.16. The maximum atomic E-state index is 12.0. The van der Waals surface area contributed by atoms with Gasteiger partial charge in [0.15, 0.2) is 0 Å². The number of aromatic nitrogens is 2. The van der Waals surface area contributed by atoms with Crippen LogP contribution in [0.1, 0.15) is 20.8 Å². The van der Waals surface area contributed by atoms with Crippen LogP contribution >= 0.6 is 0 Å². The molecule has 128 valence electrons. The highest BCUT2D eigenvalue weighted by Gasteiger charge is 2.25. The number of amides is 1. The summed E-state index contributed by atoms with van der Waals surface area (Å²) in [5.74, 6) is -0.139. The van der Waals surface area contributed by atoms with E-state index >= 15 is 0 Å².